The Bertz CT molecular complexity index is 768. The van der Waals surface area contributed by atoms with Crippen LogP contribution in [0.2, 0.25) is 0 Å². The smallest absolute Gasteiger partial charge is 0.148 e. The lowest BCUT2D eigenvalue weighted by Gasteiger charge is -2.13. The lowest BCUT2D eigenvalue weighted by Crippen LogP contribution is -2.18. The van der Waals surface area contributed by atoms with E-state index in [0.717, 1.165) is 26.8 Å². The molecule has 21 heavy (non-hydrogen) atoms. The van der Waals surface area contributed by atoms with E-state index in [1.165, 1.54) is 6.07 Å². The number of fused-ring (bicyclic) bond motifs is 1. The summed E-state index contributed by atoms with van der Waals surface area (Å²) in [7, 11) is 1.88. The summed E-state index contributed by atoms with van der Waals surface area (Å²) in [6.07, 6.45) is 0.672. The first kappa shape index (κ1) is 14.3. The molecule has 0 fully saturated rings. The molecule has 0 aliphatic carbocycles. The number of furan rings is 1. The van der Waals surface area contributed by atoms with E-state index in [4.69, 9.17) is 4.42 Å². The van der Waals surface area contributed by atoms with E-state index >= 15 is 0 Å². The van der Waals surface area contributed by atoms with Gasteiger partial charge in [0.2, 0.25) is 0 Å². The van der Waals surface area contributed by atoms with Crippen molar-refractivity contribution in [1.29, 1.82) is 0 Å². The van der Waals surface area contributed by atoms with Crippen molar-refractivity contribution in [2.75, 3.05) is 7.05 Å². The highest BCUT2D eigenvalue weighted by atomic mass is 79.9. The van der Waals surface area contributed by atoms with Gasteiger partial charge < -0.3 is 9.73 Å². The fourth-order valence-corrected chi connectivity index (χ4v) is 2.93. The molecule has 0 amide bonds. The number of benzene rings is 2. The van der Waals surface area contributed by atoms with Crippen LogP contribution in [-0.2, 0) is 6.42 Å². The molecule has 0 saturated carbocycles. The monoisotopic (exact) mass is 347 g/mol. The van der Waals surface area contributed by atoms with Crippen molar-refractivity contribution in [1.82, 2.24) is 5.32 Å². The number of hydrogen-bond acceptors (Lipinski definition) is 2. The predicted octanol–water partition coefficient (Wildman–Crippen LogP) is 4.84. The molecule has 0 aliphatic rings. The van der Waals surface area contributed by atoms with Crippen molar-refractivity contribution in [3.8, 4) is 0 Å². The van der Waals surface area contributed by atoms with E-state index in [1.807, 2.05) is 37.4 Å². The van der Waals surface area contributed by atoms with E-state index < -0.39 is 0 Å². The molecule has 1 aromatic heterocycles. The standard InChI is InChI=1S/C17H15BrFNO/c1-20-15(9-11-4-2-6-13(19)8-11)16-10-12-5-3-7-14(18)17(12)21-16/h2-8,10,15,20H,9H2,1H3. The maximum Gasteiger partial charge on any atom is 0.148 e. The molecule has 2 nitrogen and oxygen atoms in total. The van der Waals surface area contributed by atoms with Gasteiger partial charge in [-0.25, -0.2) is 4.39 Å². The average molecular weight is 348 g/mol. The largest absolute Gasteiger partial charge is 0.458 e. The van der Waals surface area contributed by atoms with Crippen LogP contribution in [0.4, 0.5) is 4.39 Å². The van der Waals surface area contributed by atoms with E-state index in [2.05, 4.69) is 21.2 Å². The second-order valence-corrected chi connectivity index (χ2v) is 5.84. The lowest BCUT2D eigenvalue weighted by atomic mass is 10.0. The normalized spacial score (nSPS) is 12.7. The molecule has 0 aliphatic heterocycles. The minimum Gasteiger partial charge on any atom is -0.458 e. The van der Waals surface area contributed by atoms with Gasteiger partial charge >= 0.3 is 0 Å². The summed E-state index contributed by atoms with van der Waals surface area (Å²) in [6.45, 7) is 0. The van der Waals surface area contributed by atoms with Gasteiger partial charge in [0, 0.05) is 5.39 Å². The van der Waals surface area contributed by atoms with Gasteiger partial charge in [0.05, 0.1) is 10.5 Å². The van der Waals surface area contributed by atoms with Crippen molar-refractivity contribution in [2.24, 2.45) is 0 Å². The first-order valence-electron chi connectivity index (χ1n) is 6.77. The van der Waals surface area contributed by atoms with E-state index in [0.29, 0.717) is 6.42 Å². The van der Waals surface area contributed by atoms with Crippen molar-refractivity contribution < 1.29 is 8.81 Å². The molecule has 1 N–H and O–H groups in total. The molecule has 3 rings (SSSR count). The van der Waals surface area contributed by atoms with Gasteiger partial charge in [-0.1, -0.05) is 24.3 Å². The Balaban J connectivity index is 1.93. The van der Waals surface area contributed by atoms with E-state index in [9.17, 15) is 4.39 Å². The summed E-state index contributed by atoms with van der Waals surface area (Å²) in [6, 6.07) is 14.6. The van der Waals surface area contributed by atoms with Crippen LogP contribution in [0, 0.1) is 5.82 Å². The second-order valence-electron chi connectivity index (χ2n) is 4.98. The molecule has 108 valence electrons. The van der Waals surface area contributed by atoms with Gasteiger partial charge in [0.25, 0.3) is 0 Å². The van der Waals surface area contributed by atoms with Gasteiger partial charge in [-0.2, -0.15) is 0 Å². The summed E-state index contributed by atoms with van der Waals surface area (Å²) in [5.41, 5.74) is 1.78. The quantitative estimate of drug-likeness (QED) is 0.730. The minimum absolute atomic E-state index is 0.00565. The highest BCUT2D eigenvalue weighted by Gasteiger charge is 2.16. The number of nitrogens with one attached hydrogen (secondary N) is 1. The number of hydrogen-bond donors (Lipinski definition) is 1. The Morgan fingerprint density at radius 2 is 2.00 bits per heavy atom. The molecular weight excluding hydrogens is 333 g/mol. The third-order valence-corrected chi connectivity index (χ3v) is 4.16. The molecule has 0 spiro atoms. The summed E-state index contributed by atoms with van der Waals surface area (Å²) >= 11 is 3.49. The zero-order valence-corrected chi connectivity index (χ0v) is 13.2. The van der Waals surface area contributed by atoms with Crippen molar-refractivity contribution in [2.45, 2.75) is 12.5 Å². The highest BCUT2D eigenvalue weighted by Crippen LogP contribution is 2.30. The van der Waals surface area contributed by atoms with Gasteiger partial charge in [-0.05, 0) is 59.2 Å². The molecular formula is C17H15BrFNO. The van der Waals surface area contributed by atoms with Crippen LogP contribution < -0.4 is 5.32 Å². The van der Waals surface area contributed by atoms with Crippen LogP contribution in [0.1, 0.15) is 17.4 Å². The van der Waals surface area contributed by atoms with E-state index in [1.54, 1.807) is 12.1 Å². The Labute approximate surface area is 131 Å². The SMILES string of the molecule is CNC(Cc1cccc(F)c1)c1cc2cccc(Br)c2o1. The molecule has 1 atom stereocenters. The molecule has 0 saturated heterocycles. The van der Waals surface area contributed by atoms with Gasteiger partial charge in [-0.15, -0.1) is 0 Å². The van der Waals surface area contributed by atoms with Crippen LogP contribution >= 0.6 is 15.9 Å². The Morgan fingerprint density at radius 1 is 1.19 bits per heavy atom. The maximum atomic E-state index is 13.3. The zero-order chi connectivity index (χ0) is 14.8. The second kappa shape index (κ2) is 6.00. The molecule has 2 aromatic carbocycles. The number of halogens is 2. The van der Waals surface area contributed by atoms with Crippen LogP contribution in [-0.4, -0.2) is 7.05 Å². The number of likely N-dealkylation sites (N-methyl/N-ethyl adjacent to an activating group) is 1. The average Bonchev–Trinajstić information content (AvgIpc) is 2.90. The summed E-state index contributed by atoms with van der Waals surface area (Å²) in [4.78, 5) is 0. The van der Waals surface area contributed by atoms with Crippen LogP contribution in [0.25, 0.3) is 11.0 Å². The Kier molecular flexibility index (Phi) is 4.08. The molecule has 4 heteroatoms. The molecule has 1 unspecified atom stereocenters. The van der Waals surface area contributed by atoms with Crippen molar-refractivity contribution >= 4 is 26.9 Å². The van der Waals surface area contributed by atoms with Crippen molar-refractivity contribution in [3.05, 3.63) is 70.1 Å². The topological polar surface area (TPSA) is 25.2 Å². The lowest BCUT2D eigenvalue weighted by molar-refractivity contribution is 0.449. The van der Waals surface area contributed by atoms with Crippen LogP contribution in [0.3, 0.4) is 0 Å². The summed E-state index contributed by atoms with van der Waals surface area (Å²) in [5.74, 6) is 0.637. The summed E-state index contributed by atoms with van der Waals surface area (Å²) in [5, 5.41) is 4.29. The summed E-state index contributed by atoms with van der Waals surface area (Å²) < 4.78 is 20.2. The van der Waals surface area contributed by atoms with Gasteiger partial charge in [0.1, 0.15) is 17.2 Å². The first-order chi connectivity index (χ1) is 10.2. The molecule has 0 bridgehead atoms. The molecule has 1 heterocycles. The van der Waals surface area contributed by atoms with Crippen molar-refractivity contribution in [3.63, 3.8) is 0 Å². The predicted molar refractivity (Wildman–Crippen MR) is 85.8 cm³/mol. The third kappa shape index (κ3) is 3.01. The van der Waals surface area contributed by atoms with Gasteiger partial charge in [-0.3, -0.25) is 0 Å². The van der Waals surface area contributed by atoms with Crippen LogP contribution in [0.5, 0.6) is 0 Å². The fraction of sp³-hybridized carbons (Fsp3) is 0.176. The maximum absolute atomic E-state index is 13.3. The fourth-order valence-electron chi connectivity index (χ4n) is 2.46. The Hall–Kier alpha value is -1.65. The highest BCUT2D eigenvalue weighted by molar-refractivity contribution is 9.10. The molecule has 0 radical (unpaired) electrons. The Morgan fingerprint density at radius 3 is 2.71 bits per heavy atom. The third-order valence-electron chi connectivity index (χ3n) is 3.54. The van der Waals surface area contributed by atoms with E-state index in [-0.39, 0.29) is 11.9 Å². The number of rotatable bonds is 4. The number of para-hydroxylation sites is 1. The van der Waals surface area contributed by atoms with Gasteiger partial charge in [0.15, 0.2) is 0 Å². The molecule has 3 aromatic rings. The first-order valence-corrected chi connectivity index (χ1v) is 7.56. The zero-order valence-electron chi connectivity index (χ0n) is 11.6. The minimum atomic E-state index is -0.213. The van der Waals surface area contributed by atoms with Crippen LogP contribution in [0.15, 0.2) is 57.4 Å².